The monoisotopic (exact) mass is 230 g/mol. The zero-order valence-corrected chi connectivity index (χ0v) is 10.2. The molecule has 1 aromatic heterocycles. The fraction of sp³-hybridized carbons (Fsp3) is 0.538. The smallest absolute Gasteiger partial charge is 0.142 e. The van der Waals surface area contributed by atoms with Crippen LogP contribution in [0.25, 0.3) is 0 Å². The van der Waals surface area contributed by atoms with Crippen LogP contribution >= 0.6 is 0 Å². The highest BCUT2D eigenvalue weighted by molar-refractivity contribution is 5.38. The number of pyridine rings is 1. The Hall–Kier alpha value is -1.60. The maximum absolute atomic E-state index is 8.76. The molecule has 1 fully saturated rings. The van der Waals surface area contributed by atoms with E-state index in [2.05, 4.69) is 28.3 Å². The van der Waals surface area contributed by atoms with Crippen molar-refractivity contribution in [2.45, 2.75) is 12.8 Å². The van der Waals surface area contributed by atoms with Gasteiger partial charge in [-0.15, -0.1) is 0 Å². The molecule has 0 unspecified atom stereocenters. The van der Waals surface area contributed by atoms with E-state index in [1.165, 1.54) is 25.9 Å². The number of nitrogens with one attached hydrogen (secondary N) is 1. The molecule has 1 aliphatic heterocycles. The first kappa shape index (κ1) is 11.9. The van der Waals surface area contributed by atoms with Crippen molar-refractivity contribution in [2.24, 2.45) is 5.92 Å². The van der Waals surface area contributed by atoms with E-state index in [1.807, 2.05) is 12.1 Å². The second kappa shape index (κ2) is 5.65. The minimum Gasteiger partial charge on any atom is -0.370 e. The summed E-state index contributed by atoms with van der Waals surface area (Å²) >= 11 is 0. The van der Waals surface area contributed by atoms with Crippen LogP contribution in [0.2, 0.25) is 0 Å². The normalized spacial score (nSPS) is 17.6. The summed E-state index contributed by atoms with van der Waals surface area (Å²) in [5.74, 6) is 1.53. The summed E-state index contributed by atoms with van der Waals surface area (Å²) in [5, 5.41) is 12.1. The van der Waals surface area contributed by atoms with Crippen molar-refractivity contribution in [3.05, 3.63) is 23.9 Å². The maximum Gasteiger partial charge on any atom is 0.142 e. The molecule has 4 heteroatoms. The van der Waals surface area contributed by atoms with Gasteiger partial charge in [0.15, 0.2) is 0 Å². The van der Waals surface area contributed by atoms with Crippen LogP contribution in [0, 0.1) is 17.2 Å². The first-order chi connectivity index (χ1) is 8.28. The zero-order valence-electron chi connectivity index (χ0n) is 10.2. The molecule has 0 spiro atoms. The van der Waals surface area contributed by atoms with E-state index < -0.39 is 0 Å². The van der Waals surface area contributed by atoms with E-state index in [1.54, 1.807) is 6.07 Å². The number of anilines is 1. The van der Waals surface area contributed by atoms with E-state index in [-0.39, 0.29) is 0 Å². The Kier molecular flexibility index (Phi) is 3.94. The lowest BCUT2D eigenvalue weighted by atomic mass is 9.97. The molecule has 1 aromatic rings. The summed E-state index contributed by atoms with van der Waals surface area (Å²) in [6.07, 6.45) is 2.48. The van der Waals surface area contributed by atoms with Crippen molar-refractivity contribution < 1.29 is 0 Å². The second-order valence-electron chi connectivity index (χ2n) is 4.65. The number of nitrogens with zero attached hydrogens (tertiary/aromatic N) is 3. The highest BCUT2D eigenvalue weighted by atomic mass is 15.1. The van der Waals surface area contributed by atoms with Crippen LogP contribution in [-0.2, 0) is 0 Å². The van der Waals surface area contributed by atoms with Crippen molar-refractivity contribution in [2.75, 3.05) is 32.0 Å². The van der Waals surface area contributed by atoms with Gasteiger partial charge in [-0.05, 0) is 51.0 Å². The van der Waals surface area contributed by atoms with Crippen LogP contribution in [0.5, 0.6) is 0 Å². The Morgan fingerprint density at radius 1 is 1.47 bits per heavy atom. The van der Waals surface area contributed by atoms with Crippen LogP contribution in [0.4, 0.5) is 5.82 Å². The molecule has 0 saturated carbocycles. The van der Waals surface area contributed by atoms with Crippen LogP contribution in [0.15, 0.2) is 18.2 Å². The molecule has 4 nitrogen and oxygen atoms in total. The summed E-state index contributed by atoms with van der Waals surface area (Å²) in [4.78, 5) is 6.57. The largest absolute Gasteiger partial charge is 0.370 e. The number of likely N-dealkylation sites (tertiary alicyclic amines) is 1. The molecule has 1 N–H and O–H groups in total. The topological polar surface area (TPSA) is 52.0 Å². The molecule has 1 saturated heterocycles. The van der Waals surface area contributed by atoms with E-state index >= 15 is 0 Å². The molecule has 17 heavy (non-hydrogen) atoms. The molecule has 90 valence electrons. The van der Waals surface area contributed by atoms with Gasteiger partial charge in [0.1, 0.15) is 17.6 Å². The third kappa shape index (κ3) is 3.43. The Morgan fingerprint density at radius 3 is 2.94 bits per heavy atom. The van der Waals surface area contributed by atoms with Crippen molar-refractivity contribution in [3.63, 3.8) is 0 Å². The molecule has 0 bridgehead atoms. The van der Waals surface area contributed by atoms with Gasteiger partial charge in [-0.25, -0.2) is 4.98 Å². The summed E-state index contributed by atoms with van der Waals surface area (Å²) < 4.78 is 0. The number of hydrogen-bond donors (Lipinski definition) is 1. The fourth-order valence-electron chi connectivity index (χ4n) is 2.11. The second-order valence-corrected chi connectivity index (χ2v) is 4.65. The van der Waals surface area contributed by atoms with Crippen LogP contribution in [-0.4, -0.2) is 36.6 Å². The Bertz CT molecular complexity index is 402. The quantitative estimate of drug-likeness (QED) is 0.858. The fourth-order valence-corrected chi connectivity index (χ4v) is 2.11. The van der Waals surface area contributed by atoms with Gasteiger partial charge in [0, 0.05) is 6.54 Å². The Balaban J connectivity index is 1.83. The number of rotatable bonds is 3. The summed E-state index contributed by atoms with van der Waals surface area (Å²) in [6, 6.07) is 7.55. The predicted octanol–water partition coefficient (Wildman–Crippen LogP) is 1.71. The minimum absolute atomic E-state index is 0.471. The van der Waals surface area contributed by atoms with E-state index in [0.29, 0.717) is 5.69 Å². The van der Waals surface area contributed by atoms with Crippen molar-refractivity contribution in [3.8, 4) is 6.07 Å². The van der Waals surface area contributed by atoms with E-state index in [9.17, 15) is 0 Å². The van der Waals surface area contributed by atoms with Crippen molar-refractivity contribution in [1.29, 1.82) is 5.26 Å². The van der Waals surface area contributed by atoms with Gasteiger partial charge < -0.3 is 10.2 Å². The lowest BCUT2D eigenvalue weighted by Gasteiger charge is -2.29. The standard InChI is InChI=1S/C13H18N4/c1-17-7-5-11(6-8-17)10-15-13-4-2-3-12(9-14)16-13/h2-4,11H,5-8,10H2,1H3,(H,15,16). The van der Waals surface area contributed by atoms with Gasteiger partial charge >= 0.3 is 0 Å². The van der Waals surface area contributed by atoms with Gasteiger partial charge in [0.25, 0.3) is 0 Å². The van der Waals surface area contributed by atoms with Crippen LogP contribution in [0.1, 0.15) is 18.5 Å². The number of piperidine rings is 1. The molecule has 0 atom stereocenters. The van der Waals surface area contributed by atoms with Crippen LogP contribution < -0.4 is 5.32 Å². The highest BCUT2D eigenvalue weighted by Gasteiger charge is 2.16. The van der Waals surface area contributed by atoms with Gasteiger partial charge in [0.2, 0.25) is 0 Å². The Morgan fingerprint density at radius 2 is 2.24 bits per heavy atom. The molecule has 0 amide bonds. The van der Waals surface area contributed by atoms with Gasteiger partial charge in [-0.1, -0.05) is 6.07 Å². The van der Waals surface area contributed by atoms with E-state index in [0.717, 1.165) is 18.3 Å². The molecule has 2 heterocycles. The summed E-state index contributed by atoms with van der Waals surface area (Å²) in [6.45, 7) is 3.31. The van der Waals surface area contributed by atoms with Crippen LogP contribution in [0.3, 0.4) is 0 Å². The van der Waals surface area contributed by atoms with Crippen molar-refractivity contribution >= 4 is 5.82 Å². The molecule has 0 radical (unpaired) electrons. The zero-order chi connectivity index (χ0) is 12.1. The highest BCUT2D eigenvalue weighted by Crippen LogP contribution is 2.16. The number of nitriles is 1. The molecular weight excluding hydrogens is 212 g/mol. The Labute approximate surface area is 102 Å². The third-order valence-electron chi connectivity index (χ3n) is 3.27. The molecule has 0 aromatic carbocycles. The summed E-state index contributed by atoms with van der Waals surface area (Å²) in [5.41, 5.74) is 0.471. The predicted molar refractivity (Wildman–Crippen MR) is 67.7 cm³/mol. The van der Waals surface area contributed by atoms with Gasteiger partial charge in [0.05, 0.1) is 0 Å². The third-order valence-corrected chi connectivity index (χ3v) is 3.27. The first-order valence-corrected chi connectivity index (χ1v) is 6.07. The van der Waals surface area contributed by atoms with Crippen molar-refractivity contribution in [1.82, 2.24) is 9.88 Å². The molecule has 0 aliphatic carbocycles. The molecule has 2 rings (SSSR count). The number of aromatic nitrogens is 1. The maximum atomic E-state index is 8.76. The SMILES string of the molecule is CN1CCC(CNc2cccc(C#N)n2)CC1. The molecule has 1 aliphatic rings. The number of hydrogen-bond acceptors (Lipinski definition) is 4. The average Bonchev–Trinajstić information content (AvgIpc) is 2.38. The van der Waals surface area contributed by atoms with Gasteiger partial charge in [-0.3, -0.25) is 0 Å². The van der Waals surface area contributed by atoms with Gasteiger partial charge in [-0.2, -0.15) is 5.26 Å². The lowest BCUT2D eigenvalue weighted by molar-refractivity contribution is 0.226. The summed E-state index contributed by atoms with van der Waals surface area (Å²) in [7, 11) is 2.17. The molecular formula is C13H18N4. The first-order valence-electron chi connectivity index (χ1n) is 6.07. The van der Waals surface area contributed by atoms with E-state index in [4.69, 9.17) is 5.26 Å². The lowest BCUT2D eigenvalue weighted by Crippen LogP contribution is -2.33. The average molecular weight is 230 g/mol. The minimum atomic E-state index is 0.471.